The van der Waals surface area contributed by atoms with Gasteiger partial charge in [-0.3, -0.25) is 4.79 Å². The molecule has 1 aliphatic heterocycles. The summed E-state index contributed by atoms with van der Waals surface area (Å²) in [7, 11) is 0. The number of carbonyl (C=O) groups excluding carboxylic acids is 1. The Morgan fingerprint density at radius 2 is 2.04 bits per heavy atom. The molecule has 24 heavy (non-hydrogen) atoms. The lowest BCUT2D eigenvalue weighted by atomic mass is 10.1. The van der Waals surface area contributed by atoms with Gasteiger partial charge in [0.05, 0.1) is 13.2 Å². The number of carbonyl (C=O) groups is 1. The molecule has 0 radical (unpaired) electrons. The van der Waals surface area contributed by atoms with Crippen molar-refractivity contribution in [2.24, 2.45) is 0 Å². The molecule has 0 aliphatic carbocycles. The van der Waals surface area contributed by atoms with Gasteiger partial charge in [0.15, 0.2) is 0 Å². The molecule has 0 saturated heterocycles. The number of aryl methyl sites for hydroxylation is 1. The van der Waals surface area contributed by atoms with Gasteiger partial charge in [-0.05, 0) is 49.1 Å². The SMILES string of the molecule is C[C@H](CCc1ccccc1)NC(=O)CNc1ccc2c(c1)CCO2. The number of ether oxygens (including phenoxy) is 1. The quantitative estimate of drug-likeness (QED) is 0.822. The molecule has 4 heteroatoms. The summed E-state index contributed by atoms with van der Waals surface area (Å²) in [5, 5.41) is 6.23. The lowest BCUT2D eigenvalue weighted by molar-refractivity contribution is -0.120. The van der Waals surface area contributed by atoms with Crippen LogP contribution in [0.4, 0.5) is 5.69 Å². The Morgan fingerprint density at radius 1 is 1.21 bits per heavy atom. The fraction of sp³-hybridized carbons (Fsp3) is 0.350. The number of hydrogen-bond acceptors (Lipinski definition) is 3. The smallest absolute Gasteiger partial charge is 0.239 e. The predicted octanol–water partition coefficient (Wildman–Crippen LogP) is 3.17. The van der Waals surface area contributed by atoms with Crippen LogP contribution in [-0.4, -0.2) is 25.1 Å². The van der Waals surface area contributed by atoms with Crippen LogP contribution in [0.25, 0.3) is 0 Å². The highest BCUT2D eigenvalue weighted by molar-refractivity contribution is 5.81. The van der Waals surface area contributed by atoms with E-state index in [4.69, 9.17) is 4.74 Å². The minimum Gasteiger partial charge on any atom is -0.493 e. The molecular weight excluding hydrogens is 300 g/mol. The molecule has 2 aromatic rings. The summed E-state index contributed by atoms with van der Waals surface area (Å²) in [6.45, 7) is 3.08. The molecule has 0 aromatic heterocycles. The van der Waals surface area contributed by atoms with E-state index in [9.17, 15) is 4.79 Å². The minimum atomic E-state index is 0.0207. The predicted molar refractivity (Wildman–Crippen MR) is 96.5 cm³/mol. The second-order valence-electron chi connectivity index (χ2n) is 6.27. The second-order valence-corrected chi connectivity index (χ2v) is 6.27. The van der Waals surface area contributed by atoms with Crippen LogP contribution in [0.5, 0.6) is 5.75 Å². The second kappa shape index (κ2) is 7.86. The summed E-state index contributed by atoms with van der Waals surface area (Å²) < 4.78 is 5.49. The summed E-state index contributed by atoms with van der Waals surface area (Å²) in [5.41, 5.74) is 3.47. The van der Waals surface area contributed by atoms with Gasteiger partial charge in [0.1, 0.15) is 5.75 Å². The molecule has 1 heterocycles. The number of fused-ring (bicyclic) bond motifs is 1. The monoisotopic (exact) mass is 324 g/mol. The van der Waals surface area contributed by atoms with Crippen LogP contribution in [0.1, 0.15) is 24.5 Å². The highest BCUT2D eigenvalue weighted by atomic mass is 16.5. The molecule has 3 rings (SSSR count). The Morgan fingerprint density at radius 3 is 2.88 bits per heavy atom. The minimum absolute atomic E-state index is 0.0207. The Kier molecular flexibility index (Phi) is 5.36. The molecular formula is C20H24N2O2. The van der Waals surface area contributed by atoms with Crippen LogP contribution < -0.4 is 15.4 Å². The zero-order valence-electron chi connectivity index (χ0n) is 14.0. The van der Waals surface area contributed by atoms with E-state index in [1.54, 1.807) is 0 Å². The molecule has 126 valence electrons. The molecule has 2 aromatic carbocycles. The molecule has 2 N–H and O–H groups in total. The van der Waals surface area contributed by atoms with Crippen LogP contribution in [-0.2, 0) is 17.6 Å². The van der Waals surface area contributed by atoms with Crippen molar-refractivity contribution in [1.82, 2.24) is 5.32 Å². The Balaban J connectivity index is 1.40. The maximum Gasteiger partial charge on any atom is 0.239 e. The van der Waals surface area contributed by atoms with E-state index >= 15 is 0 Å². The van der Waals surface area contributed by atoms with E-state index in [1.165, 1.54) is 11.1 Å². The Hall–Kier alpha value is -2.49. The number of nitrogens with one attached hydrogen (secondary N) is 2. The van der Waals surface area contributed by atoms with Crippen LogP contribution in [0, 0.1) is 0 Å². The van der Waals surface area contributed by atoms with Crippen molar-refractivity contribution in [2.45, 2.75) is 32.2 Å². The number of hydrogen-bond donors (Lipinski definition) is 2. The summed E-state index contributed by atoms with van der Waals surface area (Å²) in [5.74, 6) is 0.979. The maximum absolute atomic E-state index is 12.1. The maximum atomic E-state index is 12.1. The van der Waals surface area contributed by atoms with E-state index in [-0.39, 0.29) is 18.5 Å². The number of anilines is 1. The van der Waals surface area contributed by atoms with E-state index in [1.807, 2.05) is 37.3 Å². The third-order valence-electron chi connectivity index (χ3n) is 4.26. The average Bonchev–Trinajstić information content (AvgIpc) is 3.07. The van der Waals surface area contributed by atoms with E-state index < -0.39 is 0 Å². The molecule has 1 amide bonds. The highest BCUT2D eigenvalue weighted by Crippen LogP contribution is 2.27. The third-order valence-corrected chi connectivity index (χ3v) is 4.26. The standard InChI is InChI=1S/C20H24N2O2/c1-15(7-8-16-5-3-2-4-6-16)22-20(23)14-21-18-9-10-19-17(13-18)11-12-24-19/h2-6,9-10,13,15,21H,7-8,11-12,14H2,1H3,(H,22,23)/t15-/m1/s1. The summed E-state index contributed by atoms with van der Waals surface area (Å²) in [4.78, 5) is 12.1. The van der Waals surface area contributed by atoms with Gasteiger partial charge in [-0.25, -0.2) is 0 Å². The fourth-order valence-electron chi connectivity index (χ4n) is 2.90. The lowest BCUT2D eigenvalue weighted by Crippen LogP contribution is -2.36. The lowest BCUT2D eigenvalue weighted by Gasteiger charge is -2.15. The van der Waals surface area contributed by atoms with Crippen molar-refractivity contribution in [2.75, 3.05) is 18.5 Å². The number of rotatable bonds is 7. The summed E-state index contributed by atoms with van der Waals surface area (Å²) in [6, 6.07) is 16.5. The van der Waals surface area contributed by atoms with Gasteiger partial charge in [0, 0.05) is 18.2 Å². The molecule has 1 atom stereocenters. The van der Waals surface area contributed by atoms with Crippen molar-refractivity contribution < 1.29 is 9.53 Å². The van der Waals surface area contributed by atoms with Gasteiger partial charge >= 0.3 is 0 Å². The van der Waals surface area contributed by atoms with Crippen LogP contribution >= 0.6 is 0 Å². The first-order valence-electron chi connectivity index (χ1n) is 8.53. The average molecular weight is 324 g/mol. The molecule has 0 unspecified atom stereocenters. The topological polar surface area (TPSA) is 50.4 Å². The first-order chi connectivity index (χ1) is 11.7. The van der Waals surface area contributed by atoms with Gasteiger partial charge in [0.25, 0.3) is 0 Å². The van der Waals surface area contributed by atoms with E-state index in [2.05, 4.69) is 28.8 Å². The Bertz CT molecular complexity index is 685. The van der Waals surface area contributed by atoms with Crippen molar-refractivity contribution in [1.29, 1.82) is 0 Å². The van der Waals surface area contributed by atoms with Gasteiger partial charge in [-0.2, -0.15) is 0 Å². The number of amides is 1. The first kappa shape index (κ1) is 16.4. The van der Waals surface area contributed by atoms with Gasteiger partial charge < -0.3 is 15.4 Å². The van der Waals surface area contributed by atoms with Crippen molar-refractivity contribution in [3.63, 3.8) is 0 Å². The van der Waals surface area contributed by atoms with E-state index in [0.29, 0.717) is 0 Å². The molecule has 4 nitrogen and oxygen atoms in total. The zero-order chi connectivity index (χ0) is 16.8. The van der Waals surface area contributed by atoms with E-state index in [0.717, 1.165) is 37.3 Å². The molecule has 0 spiro atoms. The van der Waals surface area contributed by atoms with Crippen LogP contribution in [0.3, 0.4) is 0 Å². The normalized spacial score (nSPS) is 13.7. The third kappa shape index (κ3) is 4.51. The van der Waals surface area contributed by atoms with Gasteiger partial charge in [0.2, 0.25) is 5.91 Å². The Labute approximate surface area is 143 Å². The van der Waals surface area contributed by atoms with Crippen molar-refractivity contribution in [3.05, 3.63) is 59.7 Å². The summed E-state index contributed by atoms with van der Waals surface area (Å²) >= 11 is 0. The van der Waals surface area contributed by atoms with Crippen LogP contribution in [0.2, 0.25) is 0 Å². The molecule has 1 aliphatic rings. The molecule has 0 bridgehead atoms. The highest BCUT2D eigenvalue weighted by Gasteiger charge is 2.12. The van der Waals surface area contributed by atoms with Gasteiger partial charge in [-0.1, -0.05) is 30.3 Å². The molecule has 0 fully saturated rings. The largest absolute Gasteiger partial charge is 0.493 e. The fourth-order valence-corrected chi connectivity index (χ4v) is 2.90. The number of benzene rings is 2. The zero-order valence-corrected chi connectivity index (χ0v) is 14.0. The first-order valence-corrected chi connectivity index (χ1v) is 8.53. The summed E-state index contributed by atoms with van der Waals surface area (Å²) in [6.07, 6.45) is 2.85. The van der Waals surface area contributed by atoms with Crippen molar-refractivity contribution >= 4 is 11.6 Å². The van der Waals surface area contributed by atoms with Crippen molar-refractivity contribution in [3.8, 4) is 5.75 Å². The van der Waals surface area contributed by atoms with Crippen LogP contribution in [0.15, 0.2) is 48.5 Å². The van der Waals surface area contributed by atoms with Gasteiger partial charge in [-0.15, -0.1) is 0 Å². The molecule has 0 saturated carbocycles.